The van der Waals surface area contributed by atoms with Gasteiger partial charge in [-0.25, -0.2) is 4.98 Å². The van der Waals surface area contributed by atoms with E-state index in [1.165, 1.54) is 0 Å². The maximum atomic E-state index is 11.7. The molecule has 3 aromatic rings. The number of hydrogen-bond acceptors (Lipinski definition) is 5. The summed E-state index contributed by atoms with van der Waals surface area (Å²) in [7, 11) is -4.64. The number of ether oxygens (including phenoxy) is 1. The van der Waals surface area contributed by atoms with E-state index in [0.717, 1.165) is 23.5 Å². The van der Waals surface area contributed by atoms with E-state index >= 15 is 0 Å². The molecule has 1 aromatic carbocycles. The van der Waals surface area contributed by atoms with E-state index in [4.69, 9.17) is 4.55 Å². The first kappa shape index (κ1) is 23.7. The maximum absolute atomic E-state index is 11.7. The van der Waals surface area contributed by atoms with Gasteiger partial charge in [-0.2, -0.15) is 8.42 Å². The standard InChI is InChI=1S/C11H8N.C6H4F3NO4S.Ir/c1-2-6-10(7-3-1)11-8-4-5-9-12-11;7-6(8,9)14-4-1-2-10-5(3-4)15(11,12)13;/h1-6,8-9H;1-3H,(H,11,12,13);/q-1;;. The van der Waals surface area contributed by atoms with Gasteiger partial charge in [0.25, 0.3) is 0 Å². The second-order valence-corrected chi connectivity index (χ2v) is 6.21. The molecule has 0 amide bonds. The minimum Gasteiger partial charge on any atom is -0.406 e. The minimum absolute atomic E-state index is 0. The number of benzene rings is 1. The van der Waals surface area contributed by atoms with E-state index in [9.17, 15) is 21.6 Å². The molecule has 0 aliphatic rings. The van der Waals surface area contributed by atoms with E-state index in [0.29, 0.717) is 6.07 Å². The first-order chi connectivity index (χ1) is 12.6. The summed E-state index contributed by atoms with van der Waals surface area (Å²) < 4.78 is 68.1. The molecular formula is C17H12F3IrN2O4S-. The van der Waals surface area contributed by atoms with Crippen molar-refractivity contribution in [2.45, 2.75) is 11.4 Å². The summed E-state index contributed by atoms with van der Waals surface area (Å²) >= 11 is 0. The van der Waals surface area contributed by atoms with Crippen LogP contribution < -0.4 is 4.74 Å². The van der Waals surface area contributed by atoms with Crippen LogP contribution in [-0.4, -0.2) is 29.3 Å². The Morgan fingerprint density at radius 2 is 1.71 bits per heavy atom. The van der Waals surface area contributed by atoms with Gasteiger partial charge in [0, 0.05) is 38.6 Å². The molecule has 0 atom stereocenters. The van der Waals surface area contributed by atoms with E-state index in [1.54, 1.807) is 6.20 Å². The molecule has 2 aromatic heterocycles. The first-order valence-electron chi connectivity index (χ1n) is 7.22. The largest absolute Gasteiger partial charge is 0.573 e. The predicted molar refractivity (Wildman–Crippen MR) is 89.2 cm³/mol. The Labute approximate surface area is 172 Å². The van der Waals surface area contributed by atoms with Gasteiger partial charge in [-0.05, 0) is 17.8 Å². The number of nitrogens with zero attached hydrogens (tertiary/aromatic N) is 2. The molecule has 0 saturated carbocycles. The Kier molecular flexibility index (Phi) is 8.70. The van der Waals surface area contributed by atoms with Gasteiger partial charge in [0.1, 0.15) is 5.75 Å². The van der Waals surface area contributed by atoms with E-state index in [-0.39, 0.29) is 20.1 Å². The van der Waals surface area contributed by atoms with Crippen LogP contribution in [0.25, 0.3) is 11.3 Å². The first-order valence-corrected chi connectivity index (χ1v) is 8.66. The molecule has 1 radical (unpaired) electrons. The summed E-state index contributed by atoms with van der Waals surface area (Å²) in [5, 5.41) is -0.913. The van der Waals surface area contributed by atoms with Gasteiger partial charge in [-0.1, -0.05) is 12.1 Å². The third-order valence-electron chi connectivity index (χ3n) is 2.85. The molecular weight excluding hydrogens is 577 g/mol. The Morgan fingerprint density at radius 1 is 1.00 bits per heavy atom. The summed E-state index contributed by atoms with van der Waals surface area (Å²) in [5.41, 5.74) is 2.01. The fraction of sp³-hybridized carbons (Fsp3) is 0.0588. The van der Waals surface area contributed by atoms with Gasteiger partial charge in [0.2, 0.25) is 0 Å². The average Bonchev–Trinajstić information content (AvgIpc) is 2.62. The zero-order chi connectivity index (χ0) is 19.9. The van der Waals surface area contributed by atoms with Crippen LogP contribution in [0.5, 0.6) is 5.75 Å². The third kappa shape index (κ3) is 8.13. The zero-order valence-electron chi connectivity index (χ0n) is 13.8. The predicted octanol–water partition coefficient (Wildman–Crippen LogP) is 3.77. The van der Waals surface area contributed by atoms with Gasteiger partial charge in [0.15, 0.2) is 5.03 Å². The summed E-state index contributed by atoms with van der Waals surface area (Å²) in [6, 6.07) is 18.1. The topological polar surface area (TPSA) is 89.4 Å². The maximum Gasteiger partial charge on any atom is 0.573 e. The van der Waals surface area contributed by atoms with E-state index in [1.807, 2.05) is 42.5 Å². The zero-order valence-corrected chi connectivity index (χ0v) is 17.0. The van der Waals surface area contributed by atoms with Crippen LogP contribution in [0.3, 0.4) is 0 Å². The molecule has 151 valence electrons. The Balaban J connectivity index is 0.000000275. The van der Waals surface area contributed by atoms with Gasteiger partial charge in [0.05, 0.1) is 0 Å². The van der Waals surface area contributed by atoms with E-state index in [2.05, 4.69) is 20.8 Å². The van der Waals surface area contributed by atoms with Gasteiger partial charge in [-0.3, -0.25) is 4.55 Å². The van der Waals surface area contributed by atoms with Crippen molar-refractivity contribution in [3.63, 3.8) is 0 Å². The molecule has 11 heteroatoms. The number of aromatic nitrogens is 2. The summed E-state index contributed by atoms with van der Waals surface area (Å²) in [6.45, 7) is 0. The molecule has 3 rings (SSSR count). The monoisotopic (exact) mass is 590 g/mol. The summed E-state index contributed by atoms with van der Waals surface area (Å²) in [4.78, 5) is 7.37. The van der Waals surface area contributed by atoms with Gasteiger partial charge >= 0.3 is 16.5 Å². The normalized spacial score (nSPS) is 10.9. The molecule has 28 heavy (non-hydrogen) atoms. The van der Waals surface area contributed by atoms with Crippen LogP contribution in [0.1, 0.15) is 0 Å². The number of hydrogen-bond donors (Lipinski definition) is 1. The van der Waals surface area contributed by atoms with E-state index < -0.39 is 27.3 Å². The summed E-state index contributed by atoms with van der Waals surface area (Å²) in [5.74, 6) is -0.773. The molecule has 0 fully saturated rings. The molecule has 0 aliphatic carbocycles. The smallest absolute Gasteiger partial charge is 0.406 e. The van der Waals surface area contributed by atoms with Crippen molar-refractivity contribution in [1.82, 2.24) is 9.97 Å². The van der Waals surface area contributed by atoms with Gasteiger partial charge < -0.3 is 9.72 Å². The van der Waals surface area contributed by atoms with Crippen molar-refractivity contribution in [3.05, 3.63) is 73.1 Å². The number of pyridine rings is 2. The molecule has 0 bridgehead atoms. The Bertz CT molecular complexity index is 935. The van der Waals surface area contributed by atoms with Crippen LogP contribution in [0, 0.1) is 6.07 Å². The van der Waals surface area contributed by atoms with Crippen molar-refractivity contribution in [3.8, 4) is 17.0 Å². The molecule has 1 N–H and O–H groups in total. The van der Waals surface area contributed by atoms with Crippen molar-refractivity contribution in [1.29, 1.82) is 0 Å². The fourth-order valence-electron chi connectivity index (χ4n) is 1.80. The Morgan fingerprint density at radius 3 is 2.25 bits per heavy atom. The number of rotatable bonds is 3. The van der Waals surface area contributed by atoms with Crippen molar-refractivity contribution < 1.29 is 51.0 Å². The van der Waals surface area contributed by atoms with Crippen LogP contribution in [-0.2, 0) is 30.2 Å². The average molecular weight is 590 g/mol. The molecule has 2 heterocycles. The van der Waals surface area contributed by atoms with Crippen LogP contribution in [0.4, 0.5) is 13.2 Å². The second kappa shape index (κ2) is 10.3. The molecule has 6 nitrogen and oxygen atoms in total. The minimum atomic E-state index is -4.93. The number of halogens is 3. The quantitative estimate of drug-likeness (QED) is 0.370. The van der Waals surface area contributed by atoms with Crippen molar-refractivity contribution in [2.75, 3.05) is 0 Å². The third-order valence-corrected chi connectivity index (χ3v) is 3.61. The Hall–Kier alpha value is -2.33. The van der Waals surface area contributed by atoms with Crippen molar-refractivity contribution in [2.24, 2.45) is 0 Å². The number of alkyl halides is 3. The van der Waals surface area contributed by atoms with Gasteiger partial charge in [-0.15, -0.1) is 49.1 Å². The molecule has 0 unspecified atom stereocenters. The molecule has 0 aliphatic heterocycles. The summed E-state index contributed by atoms with van der Waals surface area (Å²) in [6.07, 6.45) is -2.38. The second-order valence-electron chi connectivity index (χ2n) is 4.84. The SMILES string of the molecule is O=S(=O)(O)c1cc(OC(F)(F)F)ccn1.[Ir].[c-]1ccccc1-c1ccccn1. The molecule has 0 spiro atoms. The van der Waals surface area contributed by atoms with Crippen LogP contribution >= 0.6 is 0 Å². The fourth-order valence-corrected chi connectivity index (χ4v) is 2.26. The van der Waals surface area contributed by atoms with Crippen molar-refractivity contribution >= 4 is 10.1 Å². The molecule has 0 saturated heterocycles. The van der Waals surface area contributed by atoms with Crippen LogP contribution in [0.15, 0.2) is 72.0 Å². The van der Waals surface area contributed by atoms with Crippen LogP contribution in [0.2, 0.25) is 0 Å².